The summed E-state index contributed by atoms with van der Waals surface area (Å²) in [5, 5.41) is 0. The van der Waals surface area contributed by atoms with Crippen molar-refractivity contribution in [3.63, 3.8) is 0 Å². The van der Waals surface area contributed by atoms with Crippen LogP contribution in [0.15, 0.2) is 0 Å². The average molecular weight is 343 g/mol. The number of hydrogen-bond donors (Lipinski definition) is 0. The van der Waals surface area contributed by atoms with E-state index in [4.69, 9.17) is 25.5 Å². The molecule has 0 atom stereocenters. The van der Waals surface area contributed by atoms with Gasteiger partial charge in [0.15, 0.2) is 0 Å². The molecule has 0 radical (unpaired) electrons. The van der Waals surface area contributed by atoms with Crippen molar-refractivity contribution in [3.8, 4) is 0 Å². The van der Waals surface area contributed by atoms with Crippen LogP contribution in [0.5, 0.6) is 0 Å². The maximum absolute atomic E-state index is 5.81. The summed E-state index contributed by atoms with van der Waals surface area (Å²) >= 11 is 8.74. The van der Waals surface area contributed by atoms with Crippen LogP contribution < -0.4 is 0 Å². The Kier molecular flexibility index (Phi) is 13.2. The predicted molar refractivity (Wildman–Crippen MR) is 93.2 cm³/mol. The van der Waals surface area contributed by atoms with Gasteiger partial charge in [0.2, 0.25) is 0 Å². The molecule has 0 aromatic rings. The molecule has 0 spiro atoms. The van der Waals surface area contributed by atoms with Gasteiger partial charge in [0.25, 0.3) is 0 Å². The molecule has 0 aliphatic carbocycles. The van der Waals surface area contributed by atoms with E-state index in [1.165, 1.54) is 0 Å². The third kappa shape index (κ3) is 9.44. The summed E-state index contributed by atoms with van der Waals surface area (Å²) < 4.78 is 18.5. The van der Waals surface area contributed by atoms with Crippen molar-refractivity contribution in [1.29, 1.82) is 0 Å². The molecule has 0 aliphatic heterocycles. The molecule has 0 saturated heterocycles. The summed E-state index contributed by atoms with van der Waals surface area (Å²) in [5.41, 5.74) is 0. The highest BCUT2D eigenvalue weighted by Crippen LogP contribution is 2.22. The minimum atomic E-state index is -2.45. The maximum Gasteiger partial charge on any atom is 0.500 e. The molecule has 0 aromatic heterocycles. The fraction of sp³-hybridized carbons (Fsp3) is 0.917. The van der Waals surface area contributed by atoms with E-state index >= 15 is 0 Å². The Morgan fingerprint density at radius 1 is 0.947 bits per heavy atom. The van der Waals surface area contributed by atoms with Gasteiger partial charge in [0, 0.05) is 25.9 Å². The highest BCUT2D eigenvalue weighted by molar-refractivity contribution is 8.47. The lowest BCUT2D eigenvalue weighted by Gasteiger charge is -2.28. The first-order valence-corrected chi connectivity index (χ1v) is 11.2. The van der Waals surface area contributed by atoms with Crippen molar-refractivity contribution in [2.75, 3.05) is 31.3 Å². The second kappa shape index (κ2) is 12.6. The van der Waals surface area contributed by atoms with Crippen molar-refractivity contribution in [3.05, 3.63) is 0 Å². The Morgan fingerprint density at radius 2 is 1.47 bits per heavy atom. The number of hydrogen-bond acceptors (Lipinski definition) is 6. The number of rotatable bonds is 11. The zero-order chi connectivity index (χ0) is 14.6. The Labute approximate surface area is 132 Å². The van der Waals surface area contributed by atoms with Gasteiger partial charge in [0.1, 0.15) is 3.53 Å². The Hall–Kier alpha value is 0.887. The van der Waals surface area contributed by atoms with Crippen LogP contribution in [0.2, 0.25) is 6.04 Å². The predicted octanol–water partition coefficient (Wildman–Crippen LogP) is 4.20. The van der Waals surface area contributed by atoms with Gasteiger partial charge in [-0.1, -0.05) is 19.1 Å². The first-order valence-electron chi connectivity index (χ1n) is 6.85. The van der Waals surface area contributed by atoms with Gasteiger partial charge in [0.05, 0.1) is 0 Å². The van der Waals surface area contributed by atoms with E-state index in [2.05, 4.69) is 6.92 Å². The van der Waals surface area contributed by atoms with Crippen LogP contribution >= 0.6 is 35.7 Å². The molecule has 0 fully saturated rings. The van der Waals surface area contributed by atoms with Crippen molar-refractivity contribution in [1.82, 2.24) is 0 Å². The normalized spacial score (nSPS) is 11.8. The highest BCUT2D eigenvalue weighted by atomic mass is 32.2. The third-order valence-electron chi connectivity index (χ3n) is 2.20. The van der Waals surface area contributed by atoms with Crippen LogP contribution in [0.3, 0.4) is 0 Å². The lowest BCUT2D eigenvalue weighted by atomic mass is 10.6. The van der Waals surface area contributed by atoms with Gasteiger partial charge in [-0.25, -0.2) is 0 Å². The lowest BCUT2D eigenvalue weighted by Crippen LogP contribution is -2.46. The lowest BCUT2D eigenvalue weighted by molar-refractivity contribution is 0.0712. The van der Waals surface area contributed by atoms with Crippen LogP contribution in [0.1, 0.15) is 34.1 Å². The van der Waals surface area contributed by atoms with Crippen LogP contribution in [0, 0.1) is 0 Å². The van der Waals surface area contributed by atoms with E-state index in [1.807, 2.05) is 20.8 Å². The SMILES string of the molecule is CCO[Si](CCCSC(=S)SCC)(OCC)OCC. The molecule has 0 aromatic carbocycles. The molecule has 19 heavy (non-hydrogen) atoms. The number of thioether (sulfide) groups is 2. The highest BCUT2D eigenvalue weighted by Gasteiger charge is 2.39. The van der Waals surface area contributed by atoms with E-state index in [-0.39, 0.29) is 0 Å². The quantitative estimate of drug-likeness (QED) is 0.317. The monoisotopic (exact) mass is 342 g/mol. The fourth-order valence-electron chi connectivity index (χ4n) is 1.60. The Bertz CT molecular complexity index is 225. The van der Waals surface area contributed by atoms with Gasteiger partial charge >= 0.3 is 8.80 Å². The van der Waals surface area contributed by atoms with Crippen LogP contribution in [0.25, 0.3) is 0 Å². The summed E-state index contributed by atoms with van der Waals surface area (Å²) in [5.74, 6) is 2.05. The van der Waals surface area contributed by atoms with Gasteiger partial charge in [-0.3, -0.25) is 0 Å². The molecule has 0 saturated carbocycles. The van der Waals surface area contributed by atoms with Crippen molar-refractivity contribution in [2.45, 2.75) is 40.2 Å². The molecule has 7 heteroatoms. The Balaban J connectivity index is 4.13. The second-order valence-electron chi connectivity index (χ2n) is 3.62. The van der Waals surface area contributed by atoms with Crippen LogP contribution in [-0.4, -0.2) is 43.7 Å². The molecule has 0 aliphatic rings. The van der Waals surface area contributed by atoms with E-state index in [0.29, 0.717) is 19.8 Å². The summed E-state index contributed by atoms with van der Waals surface area (Å²) in [4.78, 5) is 0. The molecule has 0 heterocycles. The minimum Gasteiger partial charge on any atom is -0.374 e. The van der Waals surface area contributed by atoms with E-state index < -0.39 is 8.80 Å². The zero-order valence-corrected chi connectivity index (χ0v) is 15.8. The summed E-state index contributed by atoms with van der Waals surface area (Å²) in [6.07, 6.45) is 1.02. The van der Waals surface area contributed by atoms with E-state index in [1.54, 1.807) is 23.5 Å². The van der Waals surface area contributed by atoms with E-state index in [9.17, 15) is 0 Å². The topological polar surface area (TPSA) is 27.7 Å². The number of thiocarbonyl (C=S) groups is 1. The average Bonchev–Trinajstić information content (AvgIpc) is 2.36. The molecular weight excluding hydrogens is 316 g/mol. The summed E-state index contributed by atoms with van der Waals surface area (Å²) in [6.45, 7) is 10.0. The molecule has 0 unspecified atom stereocenters. The molecule has 0 N–H and O–H groups in total. The van der Waals surface area contributed by atoms with Gasteiger partial charge in [-0.05, 0) is 38.7 Å². The smallest absolute Gasteiger partial charge is 0.374 e. The molecular formula is C12H26O3S3Si. The first kappa shape index (κ1) is 19.9. The molecule has 0 amide bonds. The Morgan fingerprint density at radius 3 is 1.89 bits per heavy atom. The largest absolute Gasteiger partial charge is 0.500 e. The van der Waals surface area contributed by atoms with Gasteiger partial charge < -0.3 is 13.3 Å². The second-order valence-corrected chi connectivity index (χ2v) is 9.91. The molecule has 3 nitrogen and oxygen atoms in total. The standard InChI is InChI=1S/C12H26O3S3Si/c1-5-13-19(14-6-2,15-7-3)11-9-10-18-12(16)17-8-4/h5-11H2,1-4H3. The molecule has 0 rings (SSSR count). The molecule has 0 bridgehead atoms. The van der Waals surface area contributed by atoms with E-state index in [0.717, 1.165) is 27.5 Å². The maximum atomic E-state index is 5.81. The first-order chi connectivity index (χ1) is 9.14. The third-order valence-corrected chi connectivity index (χ3v) is 8.02. The van der Waals surface area contributed by atoms with Crippen molar-refractivity contribution < 1.29 is 13.3 Å². The van der Waals surface area contributed by atoms with Crippen LogP contribution in [0.4, 0.5) is 0 Å². The summed E-state index contributed by atoms with van der Waals surface area (Å²) in [6, 6.07) is 0.870. The molecule has 114 valence electrons. The fourth-order valence-corrected chi connectivity index (χ4v) is 6.70. The van der Waals surface area contributed by atoms with Gasteiger partial charge in [-0.2, -0.15) is 0 Å². The zero-order valence-electron chi connectivity index (χ0n) is 12.4. The van der Waals surface area contributed by atoms with Gasteiger partial charge in [-0.15, -0.1) is 23.5 Å². The van der Waals surface area contributed by atoms with Crippen molar-refractivity contribution >= 4 is 48.1 Å². The minimum absolute atomic E-state index is 0.642. The summed E-state index contributed by atoms with van der Waals surface area (Å²) in [7, 11) is -2.45. The van der Waals surface area contributed by atoms with Crippen LogP contribution in [-0.2, 0) is 13.3 Å². The van der Waals surface area contributed by atoms with Crippen molar-refractivity contribution in [2.24, 2.45) is 0 Å².